The smallest absolute Gasteiger partial charge is 0.410 e. The maximum Gasteiger partial charge on any atom is 0.410 e. The average molecular weight is 299 g/mol. The summed E-state index contributed by atoms with van der Waals surface area (Å²) in [5.41, 5.74) is -0.156. The highest BCUT2D eigenvalue weighted by molar-refractivity contribution is 5.72. The molecule has 0 atom stereocenters. The molecule has 0 radical (unpaired) electrons. The maximum absolute atomic E-state index is 12.3. The first-order valence-corrected chi connectivity index (χ1v) is 8.19. The standard InChI is InChI=1S/C16H29NO4/c1-4-16(11-8-7-9-12-16)17(15(19)21-6-3)13-10-14(18)20-5-2/h4-13H2,1-3H3. The van der Waals surface area contributed by atoms with E-state index >= 15 is 0 Å². The molecule has 1 saturated carbocycles. The fraction of sp³-hybridized carbons (Fsp3) is 0.875. The second kappa shape index (κ2) is 8.90. The number of hydrogen-bond donors (Lipinski definition) is 0. The first-order chi connectivity index (χ1) is 10.1. The molecule has 21 heavy (non-hydrogen) atoms. The number of carbonyl (C=O) groups is 2. The van der Waals surface area contributed by atoms with E-state index in [-0.39, 0.29) is 24.0 Å². The van der Waals surface area contributed by atoms with E-state index < -0.39 is 0 Å². The third kappa shape index (κ3) is 4.90. The molecule has 5 heteroatoms. The quantitative estimate of drug-likeness (QED) is 0.675. The predicted molar refractivity (Wildman–Crippen MR) is 81.1 cm³/mol. The van der Waals surface area contributed by atoms with E-state index in [1.807, 2.05) is 0 Å². The number of nitrogens with zero attached hydrogens (tertiary/aromatic N) is 1. The van der Waals surface area contributed by atoms with Crippen LogP contribution in [0, 0.1) is 0 Å². The molecule has 1 aliphatic carbocycles. The van der Waals surface area contributed by atoms with Gasteiger partial charge in [-0.15, -0.1) is 0 Å². The lowest BCUT2D eigenvalue weighted by atomic mass is 9.78. The van der Waals surface area contributed by atoms with Crippen LogP contribution in [0.15, 0.2) is 0 Å². The summed E-state index contributed by atoms with van der Waals surface area (Å²) < 4.78 is 10.2. The van der Waals surface area contributed by atoms with Gasteiger partial charge < -0.3 is 14.4 Å². The molecule has 0 bridgehead atoms. The summed E-state index contributed by atoms with van der Waals surface area (Å²) in [5, 5.41) is 0. The molecule has 0 unspecified atom stereocenters. The minimum Gasteiger partial charge on any atom is -0.466 e. The van der Waals surface area contributed by atoms with Crippen LogP contribution in [0.2, 0.25) is 0 Å². The largest absolute Gasteiger partial charge is 0.466 e. The molecule has 0 aromatic carbocycles. The molecule has 0 N–H and O–H groups in total. The van der Waals surface area contributed by atoms with Crippen LogP contribution in [0.25, 0.3) is 0 Å². The van der Waals surface area contributed by atoms with E-state index in [0.717, 1.165) is 32.1 Å². The Morgan fingerprint density at radius 3 is 2.14 bits per heavy atom. The van der Waals surface area contributed by atoms with Crippen LogP contribution in [0.1, 0.15) is 65.7 Å². The van der Waals surface area contributed by atoms with E-state index in [2.05, 4.69) is 6.92 Å². The van der Waals surface area contributed by atoms with Crippen molar-refractivity contribution >= 4 is 12.1 Å². The summed E-state index contributed by atoms with van der Waals surface area (Å²) in [6, 6.07) is 0. The maximum atomic E-state index is 12.3. The van der Waals surface area contributed by atoms with Crippen LogP contribution in [0.3, 0.4) is 0 Å². The van der Waals surface area contributed by atoms with Gasteiger partial charge in [0.1, 0.15) is 0 Å². The van der Waals surface area contributed by atoms with Crippen LogP contribution in [0.5, 0.6) is 0 Å². The number of carbonyl (C=O) groups excluding carboxylic acids is 2. The van der Waals surface area contributed by atoms with Gasteiger partial charge in [0, 0.05) is 12.1 Å². The van der Waals surface area contributed by atoms with Crippen LogP contribution >= 0.6 is 0 Å². The predicted octanol–water partition coefficient (Wildman–Crippen LogP) is 3.51. The molecule has 1 amide bonds. The zero-order valence-electron chi connectivity index (χ0n) is 13.7. The van der Waals surface area contributed by atoms with Gasteiger partial charge in [0.05, 0.1) is 19.6 Å². The highest BCUT2D eigenvalue weighted by Gasteiger charge is 2.40. The van der Waals surface area contributed by atoms with Crippen molar-refractivity contribution in [2.45, 2.75) is 71.3 Å². The molecular weight excluding hydrogens is 270 g/mol. The van der Waals surface area contributed by atoms with Crippen LogP contribution in [0.4, 0.5) is 4.79 Å². The van der Waals surface area contributed by atoms with Gasteiger partial charge in [-0.1, -0.05) is 26.2 Å². The molecule has 1 rings (SSSR count). The number of ether oxygens (including phenoxy) is 2. The molecule has 0 heterocycles. The Hall–Kier alpha value is -1.26. The molecule has 0 aromatic rings. The molecule has 1 fully saturated rings. The molecular formula is C16H29NO4. The number of rotatable bonds is 7. The summed E-state index contributed by atoms with van der Waals surface area (Å²) in [7, 11) is 0. The minimum absolute atomic E-state index is 0.156. The summed E-state index contributed by atoms with van der Waals surface area (Å²) in [6.45, 7) is 6.82. The van der Waals surface area contributed by atoms with Crippen molar-refractivity contribution in [2.24, 2.45) is 0 Å². The Bertz CT molecular complexity index is 337. The second-order valence-electron chi connectivity index (χ2n) is 5.54. The van der Waals surface area contributed by atoms with Gasteiger partial charge in [-0.25, -0.2) is 4.79 Å². The Balaban J connectivity index is 2.79. The van der Waals surface area contributed by atoms with Gasteiger partial charge in [-0.3, -0.25) is 4.79 Å². The molecule has 5 nitrogen and oxygen atoms in total. The fourth-order valence-corrected chi connectivity index (χ4v) is 3.18. The van der Waals surface area contributed by atoms with Crippen molar-refractivity contribution in [3.8, 4) is 0 Å². The van der Waals surface area contributed by atoms with E-state index in [0.29, 0.717) is 19.8 Å². The van der Waals surface area contributed by atoms with Gasteiger partial charge in [0.15, 0.2) is 0 Å². The molecule has 0 aliphatic heterocycles. The fourth-order valence-electron chi connectivity index (χ4n) is 3.18. The summed E-state index contributed by atoms with van der Waals surface area (Å²) in [4.78, 5) is 25.7. The van der Waals surface area contributed by atoms with Gasteiger partial charge >= 0.3 is 12.1 Å². The monoisotopic (exact) mass is 299 g/mol. The van der Waals surface area contributed by atoms with Gasteiger partial charge in [0.2, 0.25) is 0 Å². The average Bonchev–Trinajstić information content (AvgIpc) is 2.49. The Morgan fingerprint density at radius 1 is 1.00 bits per heavy atom. The van der Waals surface area contributed by atoms with E-state index in [4.69, 9.17) is 9.47 Å². The Labute approximate surface area is 128 Å². The summed E-state index contributed by atoms with van der Waals surface area (Å²) >= 11 is 0. The van der Waals surface area contributed by atoms with Crippen LogP contribution in [-0.4, -0.2) is 42.3 Å². The van der Waals surface area contributed by atoms with Crippen molar-refractivity contribution in [2.75, 3.05) is 19.8 Å². The molecule has 0 saturated heterocycles. The zero-order chi connectivity index (χ0) is 15.7. The molecule has 0 aromatic heterocycles. The van der Waals surface area contributed by atoms with E-state index in [1.165, 1.54) is 6.42 Å². The lowest BCUT2D eigenvalue weighted by Gasteiger charge is -2.45. The van der Waals surface area contributed by atoms with Crippen molar-refractivity contribution < 1.29 is 19.1 Å². The van der Waals surface area contributed by atoms with Crippen LogP contribution in [-0.2, 0) is 14.3 Å². The lowest BCUT2D eigenvalue weighted by molar-refractivity contribution is -0.143. The topological polar surface area (TPSA) is 55.8 Å². The van der Waals surface area contributed by atoms with Gasteiger partial charge in [-0.05, 0) is 33.1 Å². The Kier molecular flexibility index (Phi) is 7.54. The highest BCUT2D eigenvalue weighted by atomic mass is 16.6. The SMILES string of the molecule is CCOC(=O)CCN(C(=O)OCC)C1(CC)CCCCC1. The number of hydrogen-bond acceptors (Lipinski definition) is 4. The lowest BCUT2D eigenvalue weighted by Crippen LogP contribution is -2.53. The molecule has 122 valence electrons. The van der Waals surface area contributed by atoms with Crippen molar-refractivity contribution in [3.63, 3.8) is 0 Å². The van der Waals surface area contributed by atoms with E-state index in [1.54, 1.807) is 18.7 Å². The van der Waals surface area contributed by atoms with Crippen molar-refractivity contribution in [3.05, 3.63) is 0 Å². The first kappa shape index (κ1) is 17.8. The first-order valence-electron chi connectivity index (χ1n) is 8.19. The highest BCUT2D eigenvalue weighted by Crippen LogP contribution is 2.37. The molecule has 0 spiro atoms. The van der Waals surface area contributed by atoms with Gasteiger partial charge in [0.25, 0.3) is 0 Å². The minimum atomic E-state index is -0.300. The summed E-state index contributed by atoms with van der Waals surface area (Å²) in [5.74, 6) is -0.256. The second-order valence-corrected chi connectivity index (χ2v) is 5.54. The van der Waals surface area contributed by atoms with E-state index in [9.17, 15) is 9.59 Å². The van der Waals surface area contributed by atoms with Crippen molar-refractivity contribution in [1.29, 1.82) is 0 Å². The zero-order valence-corrected chi connectivity index (χ0v) is 13.7. The number of esters is 1. The van der Waals surface area contributed by atoms with Gasteiger partial charge in [-0.2, -0.15) is 0 Å². The van der Waals surface area contributed by atoms with Crippen LogP contribution < -0.4 is 0 Å². The van der Waals surface area contributed by atoms with Crippen molar-refractivity contribution in [1.82, 2.24) is 4.90 Å². The third-order valence-electron chi connectivity index (χ3n) is 4.35. The Morgan fingerprint density at radius 2 is 1.62 bits per heavy atom. The summed E-state index contributed by atoms with van der Waals surface area (Å²) in [6.07, 6.45) is 6.28. The number of amides is 1. The molecule has 1 aliphatic rings. The third-order valence-corrected chi connectivity index (χ3v) is 4.35. The normalized spacial score (nSPS) is 17.1.